The van der Waals surface area contributed by atoms with Gasteiger partial charge in [-0.15, -0.1) is 17.7 Å². The maximum absolute atomic E-state index is 11.0. The van der Waals surface area contributed by atoms with E-state index in [0.29, 0.717) is 16.8 Å². The minimum Gasteiger partial charge on any atom is -0.506 e. The normalized spacial score (nSPS) is 12.1. The van der Waals surface area contributed by atoms with Gasteiger partial charge in [0.2, 0.25) is 0 Å². The molecule has 6 nitrogen and oxygen atoms in total. The highest BCUT2D eigenvalue weighted by atomic mass is 32.2. The fourth-order valence-corrected chi connectivity index (χ4v) is 2.88. The third-order valence-corrected chi connectivity index (χ3v) is 4.50. The van der Waals surface area contributed by atoms with Crippen LogP contribution in [-0.4, -0.2) is 18.1 Å². The van der Waals surface area contributed by atoms with Gasteiger partial charge in [-0.3, -0.25) is 4.55 Å². The molecule has 0 saturated carbocycles. The maximum Gasteiger partial charge on any atom is 0.294 e. The predicted molar refractivity (Wildman–Crippen MR) is 93.3 cm³/mol. The first-order chi connectivity index (χ1) is 11.3. The second-order valence-corrected chi connectivity index (χ2v) is 6.95. The van der Waals surface area contributed by atoms with Crippen LogP contribution in [0.5, 0.6) is 5.75 Å². The summed E-state index contributed by atoms with van der Waals surface area (Å²) in [6.07, 6.45) is 0. The monoisotopic (exact) mass is 360 g/mol. The lowest BCUT2D eigenvalue weighted by Gasteiger charge is -2.04. The van der Waals surface area contributed by atoms with Crippen molar-refractivity contribution in [3.8, 4) is 5.75 Å². The Kier molecular flexibility index (Phi) is 4.27. The molecule has 0 aliphatic heterocycles. The summed E-state index contributed by atoms with van der Waals surface area (Å²) in [5.74, 6) is -0.0206. The summed E-state index contributed by atoms with van der Waals surface area (Å²) in [4.78, 5) is 0.563. The van der Waals surface area contributed by atoms with Crippen LogP contribution in [0, 0.1) is 0 Å². The highest BCUT2D eigenvalue weighted by Crippen LogP contribution is 2.36. The van der Waals surface area contributed by atoms with Crippen LogP contribution in [0.25, 0.3) is 10.8 Å². The van der Waals surface area contributed by atoms with Crippen molar-refractivity contribution in [2.24, 2.45) is 10.2 Å². The Bertz CT molecular complexity index is 1050. The standard InChI is InChI=1S/C16H12N2O4S2/c19-15-8-1-10-9-12(23)4-7-14(10)16(15)18-17-11-2-5-13(6-3-11)24(20,21)22/h1-9,19,23H,(H,20,21,22). The number of azo groups is 1. The van der Waals surface area contributed by atoms with E-state index < -0.39 is 10.1 Å². The number of fused-ring (bicyclic) bond motifs is 1. The summed E-state index contributed by atoms with van der Waals surface area (Å²) in [6, 6.07) is 13.9. The van der Waals surface area contributed by atoms with Gasteiger partial charge >= 0.3 is 0 Å². The molecule has 0 saturated heterocycles. The largest absolute Gasteiger partial charge is 0.506 e. The lowest BCUT2D eigenvalue weighted by atomic mass is 10.1. The van der Waals surface area contributed by atoms with Crippen molar-refractivity contribution < 1.29 is 18.1 Å². The molecule has 0 heterocycles. The first-order valence-corrected chi connectivity index (χ1v) is 8.67. The molecule has 0 aliphatic carbocycles. The van der Waals surface area contributed by atoms with Crippen molar-refractivity contribution in [2.75, 3.05) is 0 Å². The van der Waals surface area contributed by atoms with Gasteiger partial charge in [0.25, 0.3) is 10.1 Å². The third-order valence-electron chi connectivity index (χ3n) is 3.35. The lowest BCUT2D eigenvalue weighted by Crippen LogP contribution is -1.96. The topological polar surface area (TPSA) is 99.3 Å². The van der Waals surface area contributed by atoms with E-state index in [4.69, 9.17) is 4.55 Å². The Morgan fingerprint density at radius 2 is 1.62 bits per heavy atom. The molecule has 24 heavy (non-hydrogen) atoms. The van der Waals surface area contributed by atoms with Crippen molar-refractivity contribution in [3.05, 3.63) is 54.6 Å². The molecule has 8 heteroatoms. The fraction of sp³-hybridized carbons (Fsp3) is 0. The van der Waals surface area contributed by atoms with Crippen LogP contribution in [0.15, 0.2) is 74.6 Å². The zero-order chi connectivity index (χ0) is 17.3. The molecule has 0 radical (unpaired) electrons. The number of rotatable bonds is 3. The molecule has 0 fully saturated rings. The first kappa shape index (κ1) is 16.4. The van der Waals surface area contributed by atoms with Crippen LogP contribution < -0.4 is 0 Å². The van der Waals surface area contributed by atoms with Gasteiger partial charge in [0.15, 0.2) is 0 Å². The third kappa shape index (κ3) is 3.40. The second kappa shape index (κ2) is 6.23. The van der Waals surface area contributed by atoms with Crippen molar-refractivity contribution in [1.29, 1.82) is 0 Å². The van der Waals surface area contributed by atoms with E-state index in [0.717, 1.165) is 10.3 Å². The summed E-state index contributed by atoms with van der Waals surface area (Å²) < 4.78 is 31.0. The number of hydrogen-bond donors (Lipinski definition) is 3. The Labute approximate surface area is 143 Å². The summed E-state index contributed by atoms with van der Waals surface area (Å²) >= 11 is 4.28. The number of thiol groups is 1. The number of phenols is 1. The SMILES string of the molecule is O=S(=O)(O)c1ccc(N=Nc2c(O)ccc3cc(S)ccc23)cc1. The van der Waals surface area contributed by atoms with Gasteiger partial charge in [-0.05, 0) is 47.9 Å². The van der Waals surface area contributed by atoms with Crippen LogP contribution in [0.2, 0.25) is 0 Å². The molecule has 0 spiro atoms. The average Bonchev–Trinajstić information content (AvgIpc) is 2.53. The fourth-order valence-electron chi connectivity index (χ4n) is 2.19. The van der Waals surface area contributed by atoms with E-state index in [9.17, 15) is 13.5 Å². The van der Waals surface area contributed by atoms with Gasteiger partial charge < -0.3 is 5.11 Å². The zero-order valence-electron chi connectivity index (χ0n) is 12.2. The molecule has 3 rings (SSSR count). The van der Waals surface area contributed by atoms with E-state index >= 15 is 0 Å². The Balaban J connectivity index is 2.00. The van der Waals surface area contributed by atoms with Crippen LogP contribution in [0.3, 0.4) is 0 Å². The van der Waals surface area contributed by atoms with Crippen molar-refractivity contribution in [2.45, 2.75) is 9.79 Å². The molecule has 0 aromatic heterocycles. The van der Waals surface area contributed by atoms with E-state index in [1.54, 1.807) is 18.2 Å². The first-order valence-electron chi connectivity index (χ1n) is 6.78. The summed E-state index contributed by atoms with van der Waals surface area (Å²) in [5, 5.41) is 19.7. The molecule has 3 aromatic carbocycles. The quantitative estimate of drug-likeness (QED) is 0.364. The molecule has 122 valence electrons. The van der Waals surface area contributed by atoms with E-state index in [-0.39, 0.29) is 10.6 Å². The molecular formula is C16H12N2O4S2. The van der Waals surface area contributed by atoms with Crippen LogP contribution in [-0.2, 0) is 10.1 Å². The zero-order valence-corrected chi connectivity index (χ0v) is 13.9. The van der Waals surface area contributed by atoms with Gasteiger partial charge in [0.05, 0.1) is 10.6 Å². The van der Waals surface area contributed by atoms with Crippen LogP contribution in [0.4, 0.5) is 11.4 Å². The minimum atomic E-state index is -4.25. The highest BCUT2D eigenvalue weighted by molar-refractivity contribution is 7.85. The molecule has 0 bridgehead atoms. The molecular weight excluding hydrogens is 348 g/mol. The Hall–Kier alpha value is -2.42. The van der Waals surface area contributed by atoms with E-state index in [1.807, 2.05) is 6.07 Å². The lowest BCUT2D eigenvalue weighted by molar-refractivity contribution is 0.477. The number of benzene rings is 3. The van der Waals surface area contributed by atoms with E-state index in [1.165, 1.54) is 30.3 Å². The summed E-state index contributed by atoms with van der Waals surface area (Å²) in [6.45, 7) is 0. The minimum absolute atomic E-state index is 0.0206. The van der Waals surface area contributed by atoms with Crippen molar-refractivity contribution in [1.82, 2.24) is 0 Å². The van der Waals surface area contributed by atoms with E-state index in [2.05, 4.69) is 22.9 Å². The molecule has 0 aliphatic rings. The average molecular weight is 360 g/mol. The maximum atomic E-state index is 11.0. The van der Waals surface area contributed by atoms with Crippen LogP contribution in [0.1, 0.15) is 0 Å². The molecule has 3 aromatic rings. The van der Waals surface area contributed by atoms with Gasteiger partial charge in [0.1, 0.15) is 11.4 Å². The number of aromatic hydroxyl groups is 1. The molecule has 0 unspecified atom stereocenters. The summed E-state index contributed by atoms with van der Waals surface area (Å²) in [5.41, 5.74) is 0.685. The molecule has 0 amide bonds. The second-order valence-electron chi connectivity index (χ2n) is 5.01. The number of nitrogens with zero attached hydrogens (tertiary/aromatic N) is 2. The van der Waals surface area contributed by atoms with Gasteiger partial charge in [-0.2, -0.15) is 13.5 Å². The van der Waals surface area contributed by atoms with Gasteiger partial charge in [-0.25, -0.2) is 0 Å². The van der Waals surface area contributed by atoms with Crippen molar-refractivity contribution >= 4 is 44.9 Å². The Morgan fingerprint density at radius 1 is 0.917 bits per heavy atom. The predicted octanol–water partition coefficient (Wildman–Crippen LogP) is 4.50. The van der Waals surface area contributed by atoms with Gasteiger partial charge in [-0.1, -0.05) is 12.1 Å². The molecule has 2 N–H and O–H groups in total. The smallest absolute Gasteiger partial charge is 0.294 e. The van der Waals surface area contributed by atoms with Crippen molar-refractivity contribution in [3.63, 3.8) is 0 Å². The number of hydrogen-bond acceptors (Lipinski definition) is 6. The highest BCUT2D eigenvalue weighted by Gasteiger charge is 2.09. The summed E-state index contributed by atoms with van der Waals surface area (Å²) in [7, 11) is -4.25. The molecule has 0 atom stereocenters. The van der Waals surface area contributed by atoms with Crippen LogP contribution >= 0.6 is 12.6 Å². The number of phenolic OH excluding ortho intramolecular Hbond substituents is 1. The Morgan fingerprint density at radius 3 is 2.29 bits per heavy atom. The van der Waals surface area contributed by atoms with Gasteiger partial charge in [0, 0.05) is 10.3 Å².